The Kier molecular flexibility index (Phi) is 4.82. The maximum absolute atomic E-state index is 12.2. The SMILES string of the molecule is COc1ccc2ccc(C(=N)N)cc2c1NC(=O)OC(=O)C(F)(F)F. The molecule has 0 aromatic heterocycles. The van der Waals surface area contributed by atoms with Gasteiger partial charge in [0.15, 0.2) is 0 Å². The maximum Gasteiger partial charge on any atom is 0.491 e. The summed E-state index contributed by atoms with van der Waals surface area (Å²) in [6, 6.07) is 7.71. The van der Waals surface area contributed by atoms with Crippen LogP contribution in [0.2, 0.25) is 0 Å². The molecule has 2 aromatic rings. The van der Waals surface area contributed by atoms with Gasteiger partial charge in [0.05, 0.1) is 12.8 Å². The van der Waals surface area contributed by atoms with E-state index in [2.05, 4.69) is 10.1 Å². The first-order valence-corrected chi connectivity index (χ1v) is 6.68. The standard InChI is InChI=1S/C15H12F3N3O4/c1-24-10-5-4-7-2-3-8(12(19)20)6-9(7)11(10)21-14(23)25-13(22)15(16,17)18/h2-6H,1H3,(H3,19,20)(H,21,23). The fourth-order valence-corrected chi connectivity index (χ4v) is 2.04. The molecular weight excluding hydrogens is 343 g/mol. The number of rotatable bonds is 3. The van der Waals surface area contributed by atoms with Crippen molar-refractivity contribution in [2.75, 3.05) is 12.4 Å². The van der Waals surface area contributed by atoms with Crippen molar-refractivity contribution >= 4 is 34.4 Å². The summed E-state index contributed by atoms with van der Waals surface area (Å²) in [5.74, 6) is -2.77. The molecule has 0 saturated heterocycles. The first-order chi connectivity index (χ1) is 11.6. The summed E-state index contributed by atoms with van der Waals surface area (Å²) >= 11 is 0. The van der Waals surface area contributed by atoms with Crippen LogP contribution in [0.3, 0.4) is 0 Å². The van der Waals surface area contributed by atoms with Gasteiger partial charge in [-0.25, -0.2) is 9.59 Å². The zero-order valence-corrected chi connectivity index (χ0v) is 12.7. The van der Waals surface area contributed by atoms with Gasteiger partial charge in [-0.2, -0.15) is 13.2 Å². The molecule has 0 spiro atoms. The highest BCUT2D eigenvalue weighted by Gasteiger charge is 2.42. The number of amidine groups is 1. The number of benzene rings is 2. The number of nitrogens with one attached hydrogen (secondary N) is 2. The fraction of sp³-hybridized carbons (Fsp3) is 0.133. The van der Waals surface area contributed by atoms with Crippen molar-refractivity contribution in [3.8, 4) is 5.75 Å². The Balaban J connectivity index is 2.44. The Bertz CT molecular complexity index is 865. The van der Waals surface area contributed by atoms with Crippen molar-refractivity contribution < 1.29 is 32.2 Å². The Labute approximate surface area is 139 Å². The zero-order valence-electron chi connectivity index (χ0n) is 12.7. The Morgan fingerprint density at radius 2 is 1.84 bits per heavy atom. The van der Waals surface area contributed by atoms with Crippen molar-refractivity contribution in [1.82, 2.24) is 0 Å². The van der Waals surface area contributed by atoms with Gasteiger partial charge in [-0.15, -0.1) is 0 Å². The number of anilines is 1. The molecule has 0 saturated carbocycles. The second-order valence-electron chi connectivity index (χ2n) is 4.79. The smallest absolute Gasteiger partial charge is 0.491 e. The van der Waals surface area contributed by atoms with Crippen molar-refractivity contribution in [2.24, 2.45) is 5.73 Å². The van der Waals surface area contributed by atoms with Crippen molar-refractivity contribution in [3.63, 3.8) is 0 Å². The van der Waals surface area contributed by atoms with Crippen LogP contribution in [-0.4, -0.2) is 31.2 Å². The molecule has 0 fully saturated rings. The van der Waals surface area contributed by atoms with Crippen LogP contribution >= 0.6 is 0 Å². The van der Waals surface area contributed by atoms with E-state index in [0.29, 0.717) is 16.3 Å². The molecule has 2 rings (SSSR count). The minimum Gasteiger partial charge on any atom is -0.495 e. The summed E-state index contributed by atoms with van der Waals surface area (Å²) in [7, 11) is 1.29. The van der Waals surface area contributed by atoms with Crippen LogP contribution in [-0.2, 0) is 9.53 Å². The summed E-state index contributed by atoms with van der Waals surface area (Å²) in [5, 5.41) is 10.4. The number of hydrogen-bond donors (Lipinski definition) is 3. The van der Waals surface area contributed by atoms with Gasteiger partial charge < -0.3 is 15.2 Å². The number of methoxy groups -OCH3 is 1. The molecule has 0 aliphatic rings. The van der Waals surface area contributed by atoms with Crippen LogP contribution in [0.15, 0.2) is 30.3 Å². The Morgan fingerprint density at radius 3 is 2.40 bits per heavy atom. The van der Waals surface area contributed by atoms with E-state index in [-0.39, 0.29) is 17.3 Å². The number of esters is 1. The summed E-state index contributed by atoms with van der Waals surface area (Å²) in [6.45, 7) is 0. The quantitative estimate of drug-likeness (QED) is 0.339. The third-order valence-electron chi connectivity index (χ3n) is 3.16. The zero-order chi connectivity index (χ0) is 18.8. The van der Waals surface area contributed by atoms with Gasteiger partial charge in [0, 0.05) is 10.9 Å². The normalized spacial score (nSPS) is 11.0. The molecule has 1 amide bonds. The number of halogens is 3. The predicted octanol–water partition coefficient (Wildman–Crippen LogP) is 2.77. The van der Waals surface area contributed by atoms with Crippen molar-refractivity contribution in [3.05, 3.63) is 35.9 Å². The minimum atomic E-state index is -5.30. The van der Waals surface area contributed by atoms with Gasteiger partial charge in [0.2, 0.25) is 0 Å². The number of hydrogen-bond acceptors (Lipinski definition) is 5. The topological polar surface area (TPSA) is 114 Å². The minimum absolute atomic E-state index is 0.0249. The number of nitrogens with two attached hydrogens (primary N) is 1. The molecular formula is C15H12F3N3O4. The summed E-state index contributed by atoms with van der Waals surface area (Å²) in [6.07, 6.45) is -6.93. The number of alkyl halides is 3. The molecule has 7 nitrogen and oxygen atoms in total. The number of amides is 1. The third-order valence-corrected chi connectivity index (χ3v) is 3.16. The Morgan fingerprint density at radius 1 is 1.20 bits per heavy atom. The molecule has 0 aliphatic carbocycles. The molecule has 0 aliphatic heterocycles. The summed E-state index contributed by atoms with van der Waals surface area (Å²) < 4.78 is 45.3. The van der Waals surface area contributed by atoms with Crippen molar-refractivity contribution in [2.45, 2.75) is 6.18 Å². The lowest BCUT2D eigenvalue weighted by Crippen LogP contribution is -2.30. The van der Waals surface area contributed by atoms with Crippen LogP contribution < -0.4 is 15.8 Å². The highest BCUT2D eigenvalue weighted by Crippen LogP contribution is 2.34. The largest absolute Gasteiger partial charge is 0.495 e. The number of carbonyl (C=O) groups excluding carboxylic acids is 2. The molecule has 0 unspecified atom stereocenters. The molecule has 0 heterocycles. The van der Waals surface area contributed by atoms with Gasteiger partial charge in [0.1, 0.15) is 11.6 Å². The third kappa shape index (κ3) is 3.97. The Hall–Kier alpha value is -3.30. The molecule has 4 N–H and O–H groups in total. The highest BCUT2D eigenvalue weighted by molar-refractivity contribution is 6.07. The average molecular weight is 355 g/mol. The van der Waals surface area contributed by atoms with Gasteiger partial charge in [-0.3, -0.25) is 10.7 Å². The summed E-state index contributed by atoms with van der Waals surface area (Å²) in [4.78, 5) is 22.4. The van der Waals surface area contributed by atoms with E-state index >= 15 is 0 Å². The van der Waals surface area contributed by atoms with Crippen molar-refractivity contribution in [1.29, 1.82) is 5.41 Å². The molecule has 0 atom stereocenters. The van der Waals surface area contributed by atoms with Crippen LogP contribution in [0.25, 0.3) is 10.8 Å². The van der Waals surface area contributed by atoms with Crippen LogP contribution in [0.1, 0.15) is 5.56 Å². The predicted molar refractivity (Wildman–Crippen MR) is 82.7 cm³/mol. The van der Waals surface area contributed by atoms with Gasteiger partial charge >= 0.3 is 18.2 Å². The van der Waals surface area contributed by atoms with Crippen LogP contribution in [0.5, 0.6) is 5.75 Å². The lowest BCUT2D eigenvalue weighted by atomic mass is 10.0. The van der Waals surface area contributed by atoms with E-state index in [4.69, 9.17) is 15.9 Å². The van der Waals surface area contributed by atoms with E-state index in [1.807, 2.05) is 0 Å². The van der Waals surface area contributed by atoms with Crippen LogP contribution in [0.4, 0.5) is 23.7 Å². The van der Waals surface area contributed by atoms with E-state index < -0.39 is 18.2 Å². The highest BCUT2D eigenvalue weighted by atomic mass is 19.4. The number of nitrogen functional groups attached to an aromatic ring is 1. The van der Waals surface area contributed by atoms with E-state index in [9.17, 15) is 22.8 Å². The lowest BCUT2D eigenvalue weighted by molar-refractivity contribution is -0.192. The van der Waals surface area contributed by atoms with Gasteiger partial charge in [-0.05, 0) is 17.5 Å². The lowest BCUT2D eigenvalue weighted by Gasteiger charge is -2.14. The molecule has 25 heavy (non-hydrogen) atoms. The summed E-state index contributed by atoms with van der Waals surface area (Å²) in [5.41, 5.74) is 5.71. The van der Waals surface area contributed by atoms with E-state index in [1.165, 1.54) is 19.2 Å². The molecule has 0 bridgehead atoms. The monoisotopic (exact) mass is 355 g/mol. The second-order valence-corrected chi connectivity index (χ2v) is 4.79. The number of carbonyl (C=O) groups is 2. The molecule has 132 valence electrons. The first-order valence-electron chi connectivity index (χ1n) is 6.68. The van der Waals surface area contributed by atoms with E-state index in [1.54, 1.807) is 18.2 Å². The molecule has 10 heteroatoms. The maximum atomic E-state index is 12.2. The van der Waals surface area contributed by atoms with E-state index in [0.717, 1.165) is 0 Å². The van der Waals surface area contributed by atoms with Gasteiger partial charge in [0.25, 0.3) is 0 Å². The van der Waals surface area contributed by atoms with Gasteiger partial charge in [-0.1, -0.05) is 18.2 Å². The molecule has 0 radical (unpaired) electrons. The fourth-order valence-electron chi connectivity index (χ4n) is 2.04. The number of ether oxygens (including phenoxy) is 2. The average Bonchev–Trinajstić information content (AvgIpc) is 2.53. The number of fused-ring (bicyclic) bond motifs is 1. The second kappa shape index (κ2) is 6.67. The first kappa shape index (κ1) is 18.0. The van der Waals surface area contributed by atoms with Crippen LogP contribution in [0, 0.1) is 5.41 Å². The molecule has 2 aromatic carbocycles.